The van der Waals surface area contributed by atoms with E-state index in [1.54, 1.807) is 48.5 Å². The van der Waals surface area contributed by atoms with E-state index in [-0.39, 0.29) is 11.5 Å². The third-order valence-electron chi connectivity index (χ3n) is 3.02. The number of rotatable bonds is 5. The van der Waals surface area contributed by atoms with Crippen LogP contribution in [0.4, 0.5) is 0 Å². The molecule has 0 atom stereocenters. The van der Waals surface area contributed by atoms with Gasteiger partial charge in [0.25, 0.3) is 0 Å². The molecule has 0 spiro atoms. The predicted octanol–water partition coefficient (Wildman–Crippen LogP) is 3.31. The van der Waals surface area contributed by atoms with Gasteiger partial charge in [0.05, 0.1) is 19.8 Å². The summed E-state index contributed by atoms with van der Waals surface area (Å²) >= 11 is 0. The summed E-state index contributed by atoms with van der Waals surface area (Å²) in [5.74, 6) is 0.950. The number of hydrogen-bond acceptors (Lipinski definition) is 4. The van der Waals surface area contributed by atoms with Crippen LogP contribution < -0.4 is 9.47 Å². The van der Waals surface area contributed by atoms with Crippen LogP contribution in [-0.2, 0) is 0 Å². The van der Waals surface area contributed by atoms with E-state index in [1.165, 1.54) is 20.3 Å². The van der Waals surface area contributed by atoms with Crippen LogP contribution in [0.3, 0.4) is 0 Å². The van der Waals surface area contributed by atoms with Crippen LogP contribution in [0.5, 0.6) is 17.2 Å². The maximum atomic E-state index is 12.3. The molecule has 0 amide bonds. The van der Waals surface area contributed by atoms with Gasteiger partial charge in [-0.25, -0.2) is 0 Å². The Kier molecular flexibility index (Phi) is 4.61. The molecule has 0 bridgehead atoms. The standard InChI is InChI=1S/C17H16O4/c1-20-13-8-10-17(21-2)14(11-13)16(19)9-7-12-5-3-4-6-15(12)18/h3-11,18H,1-2H3. The zero-order valence-electron chi connectivity index (χ0n) is 11.9. The fourth-order valence-corrected chi connectivity index (χ4v) is 1.89. The van der Waals surface area contributed by atoms with E-state index < -0.39 is 0 Å². The Morgan fingerprint density at radius 1 is 1.10 bits per heavy atom. The highest BCUT2D eigenvalue weighted by Gasteiger charge is 2.11. The number of ketones is 1. The lowest BCUT2D eigenvalue weighted by Crippen LogP contribution is -1.99. The number of benzene rings is 2. The Balaban J connectivity index is 2.30. The van der Waals surface area contributed by atoms with Crippen molar-refractivity contribution in [3.05, 3.63) is 59.7 Å². The van der Waals surface area contributed by atoms with E-state index in [4.69, 9.17) is 9.47 Å². The number of carbonyl (C=O) groups excluding carboxylic acids is 1. The number of allylic oxidation sites excluding steroid dienone is 1. The Labute approximate surface area is 123 Å². The summed E-state index contributed by atoms with van der Waals surface area (Å²) in [5.41, 5.74) is 0.983. The molecular formula is C17H16O4. The van der Waals surface area contributed by atoms with Crippen molar-refractivity contribution in [2.24, 2.45) is 0 Å². The monoisotopic (exact) mass is 284 g/mol. The largest absolute Gasteiger partial charge is 0.507 e. The van der Waals surface area contributed by atoms with Gasteiger partial charge < -0.3 is 14.6 Å². The zero-order valence-corrected chi connectivity index (χ0v) is 11.9. The lowest BCUT2D eigenvalue weighted by Gasteiger charge is -2.07. The molecule has 0 aromatic heterocycles. The first-order chi connectivity index (χ1) is 10.2. The highest BCUT2D eigenvalue weighted by molar-refractivity contribution is 6.09. The molecule has 2 aromatic carbocycles. The molecular weight excluding hydrogens is 268 g/mol. The Hall–Kier alpha value is -2.75. The Morgan fingerprint density at radius 2 is 1.86 bits per heavy atom. The van der Waals surface area contributed by atoms with Crippen LogP contribution in [0, 0.1) is 0 Å². The van der Waals surface area contributed by atoms with Crippen LogP contribution in [0.15, 0.2) is 48.5 Å². The molecule has 2 rings (SSSR count). The number of ether oxygens (including phenoxy) is 2. The molecule has 0 aliphatic heterocycles. The zero-order chi connectivity index (χ0) is 15.2. The molecule has 4 nitrogen and oxygen atoms in total. The third kappa shape index (κ3) is 3.42. The van der Waals surface area contributed by atoms with E-state index in [0.29, 0.717) is 22.6 Å². The van der Waals surface area contributed by atoms with Gasteiger partial charge in [-0.1, -0.05) is 18.2 Å². The van der Waals surface area contributed by atoms with E-state index in [0.717, 1.165) is 0 Å². The molecule has 0 radical (unpaired) electrons. The van der Waals surface area contributed by atoms with Crippen LogP contribution >= 0.6 is 0 Å². The number of aromatic hydroxyl groups is 1. The first kappa shape index (κ1) is 14.7. The van der Waals surface area contributed by atoms with Crippen molar-refractivity contribution < 1.29 is 19.4 Å². The summed E-state index contributed by atoms with van der Waals surface area (Å²) in [6.45, 7) is 0. The second-order valence-electron chi connectivity index (χ2n) is 4.32. The molecule has 0 fully saturated rings. The minimum atomic E-state index is -0.228. The van der Waals surface area contributed by atoms with Crippen molar-refractivity contribution >= 4 is 11.9 Å². The molecule has 108 valence electrons. The average Bonchev–Trinajstić information content (AvgIpc) is 2.53. The van der Waals surface area contributed by atoms with Gasteiger partial charge in [-0.05, 0) is 36.4 Å². The number of methoxy groups -OCH3 is 2. The third-order valence-corrected chi connectivity index (χ3v) is 3.02. The second-order valence-corrected chi connectivity index (χ2v) is 4.32. The molecule has 0 saturated heterocycles. The predicted molar refractivity (Wildman–Crippen MR) is 81.0 cm³/mol. The molecule has 0 heterocycles. The SMILES string of the molecule is COc1ccc(OC)c(C(=O)C=Cc2ccccc2O)c1. The van der Waals surface area contributed by atoms with Gasteiger partial charge >= 0.3 is 0 Å². The van der Waals surface area contributed by atoms with Crippen molar-refractivity contribution in [1.29, 1.82) is 0 Å². The minimum Gasteiger partial charge on any atom is -0.507 e. The number of phenolic OH excluding ortho intramolecular Hbond substituents is 1. The van der Waals surface area contributed by atoms with E-state index >= 15 is 0 Å². The van der Waals surface area contributed by atoms with Gasteiger partial charge in [-0.2, -0.15) is 0 Å². The second kappa shape index (κ2) is 6.61. The quantitative estimate of drug-likeness (QED) is 0.676. The molecule has 0 aliphatic carbocycles. The molecule has 4 heteroatoms. The summed E-state index contributed by atoms with van der Waals surface area (Å²) in [6, 6.07) is 11.8. The molecule has 0 unspecified atom stereocenters. The van der Waals surface area contributed by atoms with Crippen LogP contribution in [-0.4, -0.2) is 25.1 Å². The number of phenols is 1. The average molecular weight is 284 g/mol. The lowest BCUT2D eigenvalue weighted by atomic mass is 10.1. The van der Waals surface area contributed by atoms with Gasteiger partial charge in [0.2, 0.25) is 0 Å². The number of carbonyl (C=O) groups is 1. The van der Waals surface area contributed by atoms with Crippen molar-refractivity contribution in [2.45, 2.75) is 0 Å². The fraction of sp³-hybridized carbons (Fsp3) is 0.118. The van der Waals surface area contributed by atoms with Crippen molar-refractivity contribution in [3.63, 3.8) is 0 Å². The van der Waals surface area contributed by atoms with E-state index in [2.05, 4.69) is 0 Å². The molecule has 0 aliphatic rings. The minimum absolute atomic E-state index is 0.124. The van der Waals surface area contributed by atoms with Crippen LogP contribution in [0.2, 0.25) is 0 Å². The number of para-hydroxylation sites is 1. The summed E-state index contributed by atoms with van der Waals surface area (Å²) in [6.07, 6.45) is 2.96. The Morgan fingerprint density at radius 3 is 2.52 bits per heavy atom. The van der Waals surface area contributed by atoms with Gasteiger partial charge in [0, 0.05) is 5.56 Å². The molecule has 2 aromatic rings. The van der Waals surface area contributed by atoms with Gasteiger partial charge in [0.1, 0.15) is 17.2 Å². The smallest absolute Gasteiger partial charge is 0.189 e. The topological polar surface area (TPSA) is 55.8 Å². The molecule has 21 heavy (non-hydrogen) atoms. The highest BCUT2D eigenvalue weighted by atomic mass is 16.5. The van der Waals surface area contributed by atoms with Gasteiger partial charge in [-0.15, -0.1) is 0 Å². The Bertz CT molecular complexity index is 674. The van der Waals surface area contributed by atoms with E-state index in [1.807, 2.05) is 0 Å². The highest BCUT2D eigenvalue weighted by Crippen LogP contribution is 2.25. The fourth-order valence-electron chi connectivity index (χ4n) is 1.89. The van der Waals surface area contributed by atoms with Gasteiger partial charge in [-0.3, -0.25) is 4.79 Å². The van der Waals surface area contributed by atoms with Crippen LogP contribution in [0.25, 0.3) is 6.08 Å². The summed E-state index contributed by atoms with van der Waals surface area (Å²) in [5, 5.41) is 9.67. The molecule has 1 N–H and O–H groups in total. The first-order valence-electron chi connectivity index (χ1n) is 6.38. The van der Waals surface area contributed by atoms with Crippen molar-refractivity contribution in [2.75, 3.05) is 14.2 Å². The van der Waals surface area contributed by atoms with Gasteiger partial charge in [0.15, 0.2) is 5.78 Å². The normalized spacial score (nSPS) is 10.6. The van der Waals surface area contributed by atoms with Crippen molar-refractivity contribution in [3.8, 4) is 17.2 Å². The maximum absolute atomic E-state index is 12.3. The maximum Gasteiger partial charge on any atom is 0.189 e. The summed E-state index contributed by atoms with van der Waals surface area (Å²) in [4.78, 5) is 12.3. The van der Waals surface area contributed by atoms with Crippen molar-refractivity contribution in [1.82, 2.24) is 0 Å². The summed E-state index contributed by atoms with van der Waals surface area (Å²) in [7, 11) is 3.04. The van der Waals surface area contributed by atoms with Crippen LogP contribution in [0.1, 0.15) is 15.9 Å². The first-order valence-corrected chi connectivity index (χ1v) is 6.38. The molecule has 0 saturated carbocycles. The lowest BCUT2D eigenvalue weighted by molar-refractivity contribution is 0.104. The number of hydrogen-bond donors (Lipinski definition) is 1. The summed E-state index contributed by atoms with van der Waals surface area (Å²) < 4.78 is 10.3. The van der Waals surface area contributed by atoms with E-state index in [9.17, 15) is 9.90 Å².